The lowest BCUT2D eigenvalue weighted by Crippen LogP contribution is -2.50. The molecule has 1 N–H and O–H groups in total. The van der Waals surface area contributed by atoms with Gasteiger partial charge in [-0.15, -0.1) is 0 Å². The first-order valence-electron chi connectivity index (χ1n) is 8.25. The van der Waals surface area contributed by atoms with Gasteiger partial charge in [0.05, 0.1) is 0 Å². The van der Waals surface area contributed by atoms with E-state index in [-0.39, 0.29) is 0 Å². The Labute approximate surface area is 119 Å². The van der Waals surface area contributed by atoms with Crippen LogP contribution < -0.4 is 5.32 Å². The molecule has 3 heteroatoms. The van der Waals surface area contributed by atoms with E-state index in [2.05, 4.69) is 43.1 Å². The maximum atomic E-state index is 3.44. The summed E-state index contributed by atoms with van der Waals surface area (Å²) in [6, 6.07) is 3.15. The fourth-order valence-corrected chi connectivity index (χ4v) is 3.88. The van der Waals surface area contributed by atoms with E-state index in [4.69, 9.17) is 0 Å². The summed E-state index contributed by atoms with van der Waals surface area (Å²) in [4.78, 5) is 5.34. The van der Waals surface area contributed by atoms with Crippen molar-refractivity contribution in [1.82, 2.24) is 15.1 Å². The highest BCUT2D eigenvalue weighted by Crippen LogP contribution is 2.27. The average Bonchev–Trinajstić information content (AvgIpc) is 2.46. The maximum absolute atomic E-state index is 3.44. The van der Waals surface area contributed by atoms with E-state index in [1.165, 1.54) is 51.6 Å². The van der Waals surface area contributed by atoms with Crippen LogP contribution in [-0.4, -0.2) is 61.2 Å². The Morgan fingerprint density at radius 1 is 0.947 bits per heavy atom. The van der Waals surface area contributed by atoms with Crippen LogP contribution in [0.1, 0.15) is 52.4 Å². The number of piperidine rings is 1. The first-order chi connectivity index (χ1) is 9.11. The van der Waals surface area contributed by atoms with Crippen LogP contribution in [0, 0.1) is 0 Å². The van der Waals surface area contributed by atoms with Crippen molar-refractivity contribution in [2.45, 2.75) is 76.5 Å². The van der Waals surface area contributed by atoms with Crippen LogP contribution in [0.5, 0.6) is 0 Å². The zero-order valence-corrected chi connectivity index (χ0v) is 13.4. The molecule has 0 spiro atoms. The molecule has 1 aliphatic heterocycles. The Morgan fingerprint density at radius 2 is 1.47 bits per heavy atom. The highest BCUT2D eigenvalue weighted by atomic mass is 15.2. The Bertz CT molecular complexity index is 251. The Kier molecular flexibility index (Phi) is 5.67. The number of likely N-dealkylation sites (tertiary alicyclic amines) is 1. The molecule has 0 aromatic heterocycles. The Balaban J connectivity index is 1.77. The van der Waals surface area contributed by atoms with Gasteiger partial charge < -0.3 is 15.1 Å². The van der Waals surface area contributed by atoms with E-state index in [1.54, 1.807) is 0 Å². The van der Waals surface area contributed by atoms with E-state index < -0.39 is 0 Å². The second-order valence-electron chi connectivity index (χ2n) is 6.82. The van der Waals surface area contributed by atoms with Gasteiger partial charge in [-0.3, -0.25) is 0 Å². The fourth-order valence-electron chi connectivity index (χ4n) is 3.88. The first kappa shape index (κ1) is 15.3. The highest BCUT2D eigenvalue weighted by molar-refractivity contribution is 4.87. The first-order valence-corrected chi connectivity index (χ1v) is 8.25. The van der Waals surface area contributed by atoms with E-state index in [9.17, 15) is 0 Å². The van der Waals surface area contributed by atoms with Crippen LogP contribution >= 0.6 is 0 Å². The lowest BCUT2D eigenvalue weighted by Gasteiger charge is -2.43. The maximum Gasteiger partial charge on any atom is 0.0119 e. The van der Waals surface area contributed by atoms with Crippen LogP contribution in [-0.2, 0) is 0 Å². The lowest BCUT2D eigenvalue weighted by molar-refractivity contribution is 0.0659. The van der Waals surface area contributed by atoms with Gasteiger partial charge in [0.2, 0.25) is 0 Å². The summed E-state index contributed by atoms with van der Waals surface area (Å²) in [6.07, 6.45) is 8.20. The molecule has 0 unspecified atom stereocenters. The molecular formula is C16H33N3. The topological polar surface area (TPSA) is 18.5 Å². The molecule has 0 amide bonds. The second kappa shape index (κ2) is 7.05. The molecule has 1 saturated carbocycles. The average molecular weight is 267 g/mol. The highest BCUT2D eigenvalue weighted by Gasteiger charge is 2.30. The van der Waals surface area contributed by atoms with Crippen LogP contribution in [0.25, 0.3) is 0 Å². The van der Waals surface area contributed by atoms with Crippen LogP contribution in [0.2, 0.25) is 0 Å². The summed E-state index contributed by atoms with van der Waals surface area (Å²) in [6.45, 7) is 7.23. The monoisotopic (exact) mass is 267 g/mol. The summed E-state index contributed by atoms with van der Waals surface area (Å²) in [5.41, 5.74) is 0. The van der Waals surface area contributed by atoms with Gasteiger partial charge in [0.25, 0.3) is 0 Å². The molecule has 0 atom stereocenters. The van der Waals surface area contributed by atoms with Gasteiger partial charge in [0, 0.05) is 24.2 Å². The predicted octanol–water partition coefficient (Wildman–Crippen LogP) is 2.32. The van der Waals surface area contributed by atoms with Crippen molar-refractivity contribution >= 4 is 0 Å². The van der Waals surface area contributed by atoms with Crippen molar-refractivity contribution in [3.63, 3.8) is 0 Å². The van der Waals surface area contributed by atoms with Gasteiger partial charge in [0.15, 0.2) is 0 Å². The molecule has 2 rings (SSSR count). The number of nitrogens with one attached hydrogen (secondary N) is 1. The SMILES string of the molecule is CNC1CCC(N(C)C2CCN(C(C)C)CC2)CC1. The van der Waals surface area contributed by atoms with Gasteiger partial charge >= 0.3 is 0 Å². The van der Waals surface area contributed by atoms with Crippen molar-refractivity contribution < 1.29 is 0 Å². The molecule has 0 radical (unpaired) electrons. The van der Waals surface area contributed by atoms with E-state index in [0.717, 1.165) is 24.2 Å². The molecule has 2 fully saturated rings. The normalized spacial score (nSPS) is 31.3. The standard InChI is InChI=1S/C16H33N3/c1-13(2)19-11-9-16(10-12-19)18(4)15-7-5-14(17-3)6-8-15/h13-17H,5-12H2,1-4H3. The van der Waals surface area contributed by atoms with Gasteiger partial charge in [0.1, 0.15) is 0 Å². The zero-order valence-electron chi connectivity index (χ0n) is 13.4. The summed E-state index contributed by atoms with van der Waals surface area (Å²) >= 11 is 0. The van der Waals surface area contributed by atoms with Crippen molar-refractivity contribution in [2.75, 3.05) is 27.2 Å². The molecule has 112 valence electrons. The third-order valence-corrected chi connectivity index (χ3v) is 5.49. The smallest absolute Gasteiger partial charge is 0.0119 e. The molecular weight excluding hydrogens is 234 g/mol. The molecule has 0 aromatic carbocycles. The lowest BCUT2D eigenvalue weighted by atomic mass is 9.88. The van der Waals surface area contributed by atoms with Gasteiger partial charge in [-0.25, -0.2) is 0 Å². The number of rotatable bonds is 4. The van der Waals surface area contributed by atoms with Crippen molar-refractivity contribution in [3.8, 4) is 0 Å². The third kappa shape index (κ3) is 3.93. The molecule has 2 aliphatic rings. The van der Waals surface area contributed by atoms with E-state index in [1.807, 2.05) is 0 Å². The number of hydrogen-bond acceptors (Lipinski definition) is 3. The molecule has 1 heterocycles. The predicted molar refractivity (Wildman–Crippen MR) is 82.6 cm³/mol. The van der Waals surface area contributed by atoms with Crippen molar-refractivity contribution in [2.24, 2.45) is 0 Å². The van der Waals surface area contributed by atoms with Gasteiger partial charge in [-0.2, -0.15) is 0 Å². The number of hydrogen-bond donors (Lipinski definition) is 1. The minimum Gasteiger partial charge on any atom is -0.317 e. The van der Waals surface area contributed by atoms with Crippen LogP contribution in [0.15, 0.2) is 0 Å². The zero-order chi connectivity index (χ0) is 13.8. The molecule has 1 saturated heterocycles. The van der Waals surface area contributed by atoms with Gasteiger partial charge in [-0.1, -0.05) is 0 Å². The van der Waals surface area contributed by atoms with Crippen molar-refractivity contribution in [3.05, 3.63) is 0 Å². The number of nitrogens with zero attached hydrogens (tertiary/aromatic N) is 2. The second-order valence-corrected chi connectivity index (χ2v) is 6.82. The molecule has 0 bridgehead atoms. The van der Waals surface area contributed by atoms with Crippen LogP contribution in [0.3, 0.4) is 0 Å². The summed E-state index contributed by atoms with van der Waals surface area (Å²) < 4.78 is 0. The molecule has 3 nitrogen and oxygen atoms in total. The summed E-state index contributed by atoms with van der Waals surface area (Å²) in [5.74, 6) is 0. The summed E-state index contributed by atoms with van der Waals surface area (Å²) in [5, 5.41) is 3.44. The van der Waals surface area contributed by atoms with E-state index >= 15 is 0 Å². The third-order valence-electron chi connectivity index (χ3n) is 5.49. The minimum absolute atomic E-state index is 0.720. The molecule has 0 aromatic rings. The molecule has 1 aliphatic carbocycles. The summed E-state index contributed by atoms with van der Waals surface area (Å²) in [7, 11) is 4.48. The van der Waals surface area contributed by atoms with E-state index in [0.29, 0.717) is 0 Å². The quantitative estimate of drug-likeness (QED) is 0.843. The Morgan fingerprint density at radius 3 is 1.95 bits per heavy atom. The largest absolute Gasteiger partial charge is 0.317 e. The van der Waals surface area contributed by atoms with Crippen LogP contribution in [0.4, 0.5) is 0 Å². The van der Waals surface area contributed by atoms with Crippen molar-refractivity contribution in [1.29, 1.82) is 0 Å². The van der Waals surface area contributed by atoms with Gasteiger partial charge in [-0.05, 0) is 79.6 Å². The molecule has 19 heavy (non-hydrogen) atoms. The Hall–Kier alpha value is -0.120. The minimum atomic E-state index is 0.720. The fraction of sp³-hybridized carbons (Fsp3) is 1.00.